The largest absolute Gasteiger partial charge is 0.478 e. The van der Waals surface area contributed by atoms with Gasteiger partial charge in [0.15, 0.2) is 6.10 Å². The van der Waals surface area contributed by atoms with Crippen molar-refractivity contribution in [3.8, 4) is 5.75 Å². The maximum atomic E-state index is 12.5. The van der Waals surface area contributed by atoms with Gasteiger partial charge in [-0.15, -0.1) is 0 Å². The predicted octanol–water partition coefficient (Wildman–Crippen LogP) is 1.79. The van der Waals surface area contributed by atoms with Crippen LogP contribution in [0.1, 0.15) is 22.3 Å². The lowest BCUT2D eigenvalue weighted by Gasteiger charge is -2.27. The molecule has 0 saturated heterocycles. The minimum atomic E-state index is -0.856. The van der Waals surface area contributed by atoms with Crippen LogP contribution in [0.4, 0.5) is 5.69 Å². The normalized spacial score (nSPS) is 15.2. The maximum absolute atomic E-state index is 12.5. The van der Waals surface area contributed by atoms with Gasteiger partial charge in [0, 0.05) is 26.2 Å². The first kappa shape index (κ1) is 18.4. The second-order valence-corrected chi connectivity index (χ2v) is 6.32. The summed E-state index contributed by atoms with van der Waals surface area (Å²) < 4.78 is 5.67. The van der Waals surface area contributed by atoms with E-state index < -0.39 is 6.10 Å². The van der Waals surface area contributed by atoms with E-state index in [1.165, 1.54) is 4.90 Å². The Morgan fingerprint density at radius 3 is 2.56 bits per heavy atom. The van der Waals surface area contributed by atoms with Gasteiger partial charge in [-0.1, -0.05) is 24.3 Å². The molecule has 1 heterocycles. The standard InChI is InChI=1S/C20H21N3O4/c1-21-19(25)14-9-7-13(8-10-14)12-23(2)18(24)11-17-20(26)22-15-5-3-4-6-16(15)27-17/h3-10,17H,11-12H2,1-2H3,(H,21,25)(H,22,26)/t17-/m1/s1. The summed E-state index contributed by atoms with van der Waals surface area (Å²) in [5.41, 5.74) is 2.05. The summed E-state index contributed by atoms with van der Waals surface area (Å²) in [6.45, 7) is 0.373. The Labute approximate surface area is 157 Å². The van der Waals surface area contributed by atoms with Gasteiger partial charge in [-0.3, -0.25) is 14.4 Å². The topological polar surface area (TPSA) is 87.7 Å². The van der Waals surface area contributed by atoms with Gasteiger partial charge in [0.05, 0.1) is 12.1 Å². The maximum Gasteiger partial charge on any atom is 0.266 e. The van der Waals surface area contributed by atoms with E-state index >= 15 is 0 Å². The number of carbonyl (C=O) groups is 3. The van der Waals surface area contributed by atoms with E-state index in [2.05, 4.69) is 10.6 Å². The molecule has 140 valence electrons. The molecular formula is C20H21N3O4. The molecule has 7 nitrogen and oxygen atoms in total. The lowest BCUT2D eigenvalue weighted by molar-refractivity contribution is -0.136. The number of ether oxygens (including phenoxy) is 1. The number of nitrogens with zero attached hydrogens (tertiary/aromatic N) is 1. The van der Waals surface area contributed by atoms with Crippen LogP contribution in [0.5, 0.6) is 5.75 Å². The number of amides is 3. The molecule has 1 aliphatic heterocycles. The first-order valence-electron chi connectivity index (χ1n) is 8.59. The monoisotopic (exact) mass is 367 g/mol. The van der Waals surface area contributed by atoms with E-state index in [0.717, 1.165) is 5.56 Å². The average molecular weight is 367 g/mol. The van der Waals surface area contributed by atoms with Crippen molar-refractivity contribution in [2.75, 3.05) is 19.4 Å². The second kappa shape index (κ2) is 7.90. The lowest BCUT2D eigenvalue weighted by atomic mass is 10.1. The van der Waals surface area contributed by atoms with Crippen LogP contribution in [0, 0.1) is 0 Å². The van der Waals surface area contributed by atoms with Crippen molar-refractivity contribution in [3.63, 3.8) is 0 Å². The summed E-state index contributed by atoms with van der Waals surface area (Å²) in [4.78, 5) is 37.8. The molecule has 0 radical (unpaired) electrons. The van der Waals surface area contributed by atoms with Gasteiger partial charge in [-0.2, -0.15) is 0 Å². The number of nitrogens with one attached hydrogen (secondary N) is 2. The molecule has 1 aliphatic rings. The van der Waals surface area contributed by atoms with E-state index in [4.69, 9.17) is 4.74 Å². The fraction of sp³-hybridized carbons (Fsp3) is 0.250. The number of para-hydroxylation sites is 2. The quantitative estimate of drug-likeness (QED) is 0.843. The van der Waals surface area contributed by atoms with Crippen LogP contribution in [-0.4, -0.2) is 42.8 Å². The van der Waals surface area contributed by atoms with Gasteiger partial charge in [0.25, 0.3) is 11.8 Å². The highest BCUT2D eigenvalue weighted by molar-refractivity contribution is 6.00. The number of hydrogen-bond acceptors (Lipinski definition) is 4. The van der Waals surface area contributed by atoms with Gasteiger partial charge in [-0.05, 0) is 29.8 Å². The summed E-state index contributed by atoms with van der Waals surface area (Å²) in [5.74, 6) is -0.135. The molecule has 0 aromatic heterocycles. The van der Waals surface area contributed by atoms with Gasteiger partial charge < -0.3 is 20.3 Å². The predicted molar refractivity (Wildman–Crippen MR) is 100 cm³/mol. The number of anilines is 1. The van der Waals surface area contributed by atoms with Crippen LogP contribution in [0.3, 0.4) is 0 Å². The van der Waals surface area contributed by atoms with Gasteiger partial charge in [-0.25, -0.2) is 0 Å². The Morgan fingerprint density at radius 2 is 1.85 bits per heavy atom. The Balaban J connectivity index is 1.59. The van der Waals surface area contributed by atoms with E-state index in [1.807, 2.05) is 6.07 Å². The summed E-state index contributed by atoms with van der Waals surface area (Å²) in [6, 6.07) is 14.1. The molecule has 3 rings (SSSR count). The van der Waals surface area contributed by atoms with Crippen molar-refractivity contribution in [2.24, 2.45) is 0 Å². The Morgan fingerprint density at radius 1 is 1.15 bits per heavy atom. The first-order valence-corrected chi connectivity index (χ1v) is 8.59. The van der Waals surface area contributed by atoms with Crippen molar-refractivity contribution in [1.29, 1.82) is 0 Å². The first-order chi connectivity index (χ1) is 13.0. The highest BCUT2D eigenvalue weighted by Gasteiger charge is 2.30. The van der Waals surface area contributed by atoms with E-state index in [1.54, 1.807) is 56.6 Å². The van der Waals surface area contributed by atoms with Crippen LogP contribution in [0.25, 0.3) is 0 Å². The second-order valence-electron chi connectivity index (χ2n) is 6.32. The summed E-state index contributed by atoms with van der Waals surface area (Å²) in [7, 11) is 3.24. The fourth-order valence-corrected chi connectivity index (χ4v) is 2.81. The molecular weight excluding hydrogens is 346 g/mol. The molecule has 3 amide bonds. The van der Waals surface area contributed by atoms with E-state index in [9.17, 15) is 14.4 Å². The minimum Gasteiger partial charge on any atom is -0.478 e. The molecule has 7 heteroatoms. The summed E-state index contributed by atoms with van der Waals surface area (Å²) in [6.07, 6.45) is -0.905. The van der Waals surface area contributed by atoms with E-state index in [0.29, 0.717) is 23.5 Å². The molecule has 2 aromatic rings. The van der Waals surface area contributed by atoms with Crippen molar-refractivity contribution < 1.29 is 19.1 Å². The molecule has 2 aromatic carbocycles. The Bertz CT molecular complexity index is 864. The molecule has 0 spiro atoms. The number of rotatable bonds is 5. The van der Waals surface area contributed by atoms with Crippen LogP contribution < -0.4 is 15.4 Å². The fourth-order valence-electron chi connectivity index (χ4n) is 2.81. The highest BCUT2D eigenvalue weighted by atomic mass is 16.5. The minimum absolute atomic E-state index is 0.0486. The number of benzene rings is 2. The van der Waals surface area contributed by atoms with Crippen LogP contribution in [0.15, 0.2) is 48.5 Å². The Hall–Kier alpha value is -3.35. The smallest absolute Gasteiger partial charge is 0.266 e. The van der Waals surface area contributed by atoms with Crippen molar-refractivity contribution in [3.05, 3.63) is 59.7 Å². The number of fused-ring (bicyclic) bond motifs is 1. The van der Waals surface area contributed by atoms with Crippen molar-refractivity contribution in [1.82, 2.24) is 10.2 Å². The summed E-state index contributed by atoms with van der Waals surface area (Å²) in [5, 5.41) is 5.31. The highest BCUT2D eigenvalue weighted by Crippen LogP contribution is 2.29. The van der Waals surface area contributed by atoms with Crippen molar-refractivity contribution in [2.45, 2.75) is 19.1 Å². The third-order valence-corrected chi connectivity index (χ3v) is 4.36. The molecule has 2 N–H and O–H groups in total. The zero-order valence-corrected chi connectivity index (χ0v) is 15.2. The Kier molecular flexibility index (Phi) is 5.40. The number of carbonyl (C=O) groups excluding carboxylic acids is 3. The average Bonchev–Trinajstić information content (AvgIpc) is 2.68. The molecule has 0 unspecified atom stereocenters. The number of hydrogen-bond donors (Lipinski definition) is 2. The molecule has 0 saturated carbocycles. The van der Waals surface area contributed by atoms with Crippen LogP contribution in [0.2, 0.25) is 0 Å². The van der Waals surface area contributed by atoms with Crippen LogP contribution in [-0.2, 0) is 16.1 Å². The molecule has 0 fully saturated rings. The molecule has 27 heavy (non-hydrogen) atoms. The van der Waals surface area contributed by atoms with Gasteiger partial charge >= 0.3 is 0 Å². The zero-order valence-electron chi connectivity index (χ0n) is 15.2. The van der Waals surface area contributed by atoms with Gasteiger partial charge in [0.2, 0.25) is 5.91 Å². The molecule has 1 atom stereocenters. The van der Waals surface area contributed by atoms with E-state index in [-0.39, 0.29) is 24.1 Å². The molecule has 0 aliphatic carbocycles. The third-order valence-electron chi connectivity index (χ3n) is 4.36. The summed E-state index contributed by atoms with van der Waals surface area (Å²) >= 11 is 0. The third kappa shape index (κ3) is 4.25. The van der Waals surface area contributed by atoms with Gasteiger partial charge in [0.1, 0.15) is 5.75 Å². The molecule has 0 bridgehead atoms. The lowest BCUT2D eigenvalue weighted by Crippen LogP contribution is -2.41. The van der Waals surface area contributed by atoms with Crippen molar-refractivity contribution >= 4 is 23.4 Å². The SMILES string of the molecule is CNC(=O)c1ccc(CN(C)C(=O)C[C@H]2Oc3ccccc3NC2=O)cc1. The zero-order chi connectivity index (χ0) is 19.4. The van der Waals surface area contributed by atoms with Crippen LogP contribution >= 0.6 is 0 Å².